The third kappa shape index (κ3) is 3.73. The van der Waals surface area contributed by atoms with Crippen LogP contribution in [-0.2, 0) is 9.84 Å². The first-order chi connectivity index (χ1) is 7.44. The number of nitrogen functional groups attached to an aromatic ring is 1. The highest BCUT2D eigenvalue weighted by molar-refractivity contribution is 7.91. The van der Waals surface area contributed by atoms with Crippen molar-refractivity contribution in [1.29, 1.82) is 0 Å². The molecule has 0 aromatic heterocycles. The molecule has 5 heteroatoms. The van der Waals surface area contributed by atoms with Gasteiger partial charge in [0.1, 0.15) is 12.4 Å². The molecule has 4 nitrogen and oxygen atoms in total. The van der Waals surface area contributed by atoms with Gasteiger partial charge in [0, 0.05) is 17.5 Å². The van der Waals surface area contributed by atoms with Crippen molar-refractivity contribution < 1.29 is 13.2 Å². The van der Waals surface area contributed by atoms with Gasteiger partial charge in [-0.1, -0.05) is 13.0 Å². The van der Waals surface area contributed by atoms with Gasteiger partial charge in [0.05, 0.1) is 5.75 Å². The van der Waals surface area contributed by atoms with E-state index < -0.39 is 9.84 Å². The largest absolute Gasteiger partial charge is 0.492 e. The molecule has 0 fully saturated rings. The fourth-order valence-corrected chi connectivity index (χ4v) is 1.82. The van der Waals surface area contributed by atoms with Crippen molar-refractivity contribution in [2.75, 3.05) is 23.8 Å². The fourth-order valence-electron chi connectivity index (χ4n) is 1.20. The number of anilines is 1. The Labute approximate surface area is 96.3 Å². The van der Waals surface area contributed by atoms with E-state index in [9.17, 15) is 8.42 Å². The van der Waals surface area contributed by atoms with Crippen LogP contribution in [0.2, 0.25) is 0 Å². The Hall–Kier alpha value is -1.23. The standard InChI is InChI=1S/C11H17NO3S/c1-3-16(13,14)7-6-15-11-8-10(12)5-4-9(11)2/h4-5,8H,3,6-7,12H2,1-2H3. The van der Waals surface area contributed by atoms with Crippen LogP contribution in [0.4, 0.5) is 5.69 Å². The van der Waals surface area contributed by atoms with Crippen molar-refractivity contribution in [3.05, 3.63) is 23.8 Å². The maximum absolute atomic E-state index is 11.2. The highest BCUT2D eigenvalue weighted by atomic mass is 32.2. The zero-order chi connectivity index (χ0) is 12.2. The summed E-state index contributed by atoms with van der Waals surface area (Å²) in [6, 6.07) is 5.33. The van der Waals surface area contributed by atoms with Crippen LogP contribution in [0.5, 0.6) is 5.75 Å². The number of benzene rings is 1. The van der Waals surface area contributed by atoms with Gasteiger partial charge < -0.3 is 10.5 Å². The topological polar surface area (TPSA) is 69.4 Å². The number of rotatable bonds is 5. The van der Waals surface area contributed by atoms with E-state index in [2.05, 4.69) is 0 Å². The van der Waals surface area contributed by atoms with E-state index >= 15 is 0 Å². The molecular formula is C11H17NO3S. The normalized spacial score (nSPS) is 11.4. The van der Waals surface area contributed by atoms with Crippen LogP contribution in [-0.4, -0.2) is 26.5 Å². The predicted octanol–water partition coefficient (Wildman–Crippen LogP) is 1.39. The van der Waals surface area contributed by atoms with E-state index in [1.807, 2.05) is 13.0 Å². The Bertz CT molecular complexity index is 454. The van der Waals surface area contributed by atoms with Gasteiger partial charge in [-0.05, 0) is 18.6 Å². The van der Waals surface area contributed by atoms with Crippen molar-refractivity contribution in [3.8, 4) is 5.75 Å². The van der Waals surface area contributed by atoms with E-state index in [1.165, 1.54) is 0 Å². The van der Waals surface area contributed by atoms with Gasteiger partial charge in [-0.25, -0.2) is 8.42 Å². The minimum absolute atomic E-state index is 0.0394. The number of nitrogens with two attached hydrogens (primary N) is 1. The lowest BCUT2D eigenvalue weighted by molar-refractivity contribution is 0.339. The summed E-state index contributed by atoms with van der Waals surface area (Å²) in [7, 11) is -2.97. The second-order valence-electron chi connectivity index (χ2n) is 3.61. The number of aryl methyl sites for hydroxylation is 1. The van der Waals surface area contributed by atoms with Crippen LogP contribution in [0.1, 0.15) is 12.5 Å². The summed E-state index contributed by atoms with van der Waals surface area (Å²) in [4.78, 5) is 0. The Balaban J connectivity index is 2.59. The lowest BCUT2D eigenvalue weighted by Crippen LogP contribution is -2.15. The Morgan fingerprint density at radius 1 is 1.38 bits per heavy atom. The minimum atomic E-state index is -2.97. The molecule has 1 aromatic rings. The number of ether oxygens (including phenoxy) is 1. The van der Waals surface area contributed by atoms with Crippen LogP contribution >= 0.6 is 0 Å². The Morgan fingerprint density at radius 3 is 2.69 bits per heavy atom. The van der Waals surface area contributed by atoms with Gasteiger partial charge in [0.25, 0.3) is 0 Å². The molecule has 1 aromatic carbocycles. The fraction of sp³-hybridized carbons (Fsp3) is 0.455. The quantitative estimate of drug-likeness (QED) is 0.793. The Morgan fingerprint density at radius 2 is 2.06 bits per heavy atom. The van der Waals surface area contributed by atoms with Gasteiger partial charge in [-0.15, -0.1) is 0 Å². The van der Waals surface area contributed by atoms with E-state index in [4.69, 9.17) is 10.5 Å². The van der Waals surface area contributed by atoms with Crippen LogP contribution in [0.3, 0.4) is 0 Å². The lowest BCUT2D eigenvalue weighted by Gasteiger charge is -2.09. The SMILES string of the molecule is CCS(=O)(=O)CCOc1cc(N)ccc1C. The number of hydrogen-bond donors (Lipinski definition) is 1. The molecular weight excluding hydrogens is 226 g/mol. The van der Waals surface area contributed by atoms with E-state index in [0.717, 1.165) is 5.56 Å². The van der Waals surface area contributed by atoms with Crippen molar-refractivity contribution in [3.63, 3.8) is 0 Å². The van der Waals surface area contributed by atoms with Crippen LogP contribution in [0.15, 0.2) is 18.2 Å². The lowest BCUT2D eigenvalue weighted by atomic mass is 10.2. The summed E-state index contributed by atoms with van der Waals surface area (Å²) in [6.07, 6.45) is 0. The zero-order valence-corrected chi connectivity index (χ0v) is 10.4. The number of hydrogen-bond acceptors (Lipinski definition) is 4. The third-order valence-electron chi connectivity index (χ3n) is 2.30. The van der Waals surface area contributed by atoms with E-state index in [0.29, 0.717) is 11.4 Å². The van der Waals surface area contributed by atoms with Gasteiger partial charge in [0.2, 0.25) is 0 Å². The molecule has 0 radical (unpaired) electrons. The van der Waals surface area contributed by atoms with Gasteiger partial charge in [0.15, 0.2) is 9.84 Å². The molecule has 1 rings (SSSR count). The highest BCUT2D eigenvalue weighted by Crippen LogP contribution is 2.20. The van der Waals surface area contributed by atoms with Crippen molar-refractivity contribution >= 4 is 15.5 Å². The maximum atomic E-state index is 11.2. The summed E-state index contributed by atoms with van der Waals surface area (Å²) in [6.45, 7) is 3.69. The summed E-state index contributed by atoms with van der Waals surface area (Å²) in [5, 5.41) is 0. The summed E-state index contributed by atoms with van der Waals surface area (Å²) >= 11 is 0. The van der Waals surface area contributed by atoms with E-state index in [1.54, 1.807) is 19.1 Å². The second kappa shape index (κ2) is 5.21. The number of sulfone groups is 1. The van der Waals surface area contributed by atoms with Crippen LogP contribution in [0.25, 0.3) is 0 Å². The van der Waals surface area contributed by atoms with Gasteiger partial charge in [-0.3, -0.25) is 0 Å². The summed E-state index contributed by atoms with van der Waals surface area (Å²) in [5.41, 5.74) is 7.17. The molecule has 0 bridgehead atoms. The molecule has 16 heavy (non-hydrogen) atoms. The first-order valence-electron chi connectivity index (χ1n) is 5.14. The van der Waals surface area contributed by atoms with Crippen LogP contribution in [0, 0.1) is 6.92 Å². The van der Waals surface area contributed by atoms with Gasteiger partial charge >= 0.3 is 0 Å². The zero-order valence-electron chi connectivity index (χ0n) is 9.56. The van der Waals surface area contributed by atoms with Crippen molar-refractivity contribution in [2.45, 2.75) is 13.8 Å². The molecule has 0 aliphatic heterocycles. The molecule has 2 N–H and O–H groups in total. The molecule has 0 saturated heterocycles. The summed E-state index contributed by atoms with van der Waals surface area (Å²) in [5.74, 6) is 0.829. The average Bonchev–Trinajstić information content (AvgIpc) is 2.23. The first-order valence-corrected chi connectivity index (χ1v) is 6.96. The van der Waals surface area contributed by atoms with Gasteiger partial charge in [-0.2, -0.15) is 0 Å². The van der Waals surface area contributed by atoms with Crippen molar-refractivity contribution in [2.24, 2.45) is 0 Å². The molecule has 0 aliphatic carbocycles. The van der Waals surface area contributed by atoms with Crippen LogP contribution < -0.4 is 10.5 Å². The highest BCUT2D eigenvalue weighted by Gasteiger charge is 2.08. The average molecular weight is 243 g/mol. The van der Waals surface area contributed by atoms with Crippen molar-refractivity contribution in [1.82, 2.24) is 0 Å². The monoisotopic (exact) mass is 243 g/mol. The molecule has 0 saturated carbocycles. The minimum Gasteiger partial charge on any atom is -0.492 e. The predicted molar refractivity (Wildman–Crippen MR) is 65.4 cm³/mol. The molecule has 0 spiro atoms. The van der Waals surface area contributed by atoms with E-state index in [-0.39, 0.29) is 18.1 Å². The first kappa shape index (κ1) is 12.8. The molecule has 0 amide bonds. The third-order valence-corrected chi connectivity index (χ3v) is 3.97. The molecule has 0 aliphatic rings. The molecule has 0 atom stereocenters. The maximum Gasteiger partial charge on any atom is 0.153 e. The smallest absolute Gasteiger partial charge is 0.153 e. The molecule has 0 heterocycles. The molecule has 0 unspecified atom stereocenters. The molecule has 90 valence electrons. The Kier molecular flexibility index (Phi) is 4.18. The summed E-state index contributed by atoms with van der Waals surface area (Å²) < 4.78 is 27.9. The second-order valence-corrected chi connectivity index (χ2v) is 6.08.